The number of carbonyl (C=O) groups is 2. The van der Waals surface area contributed by atoms with Crippen LogP contribution in [0.25, 0.3) is 5.57 Å². The zero-order valence-electron chi connectivity index (χ0n) is 19.5. The smallest absolute Gasteiger partial charge is 0.322 e. The molecule has 0 unspecified atom stereocenters. The van der Waals surface area contributed by atoms with Crippen molar-refractivity contribution in [3.05, 3.63) is 70.5 Å². The molecule has 3 N–H and O–H groups in total. The van der Waals surface area contributed by atoms with Gasteiger partial charge in [-0.25, -0.2) is 22.8 Å². The van der Waals surface area contributed by atoms with Gasteiger partial charge in [0.25, 0.3) is 0 Å². The van der Waals surface area contributed by atoms with Crippen LogP contribution in [0.5, 0.6) is 0 Å². The number of benzene rings is 2. The quantitative estimate of drug-likeness (QED) is 0.564. The lowest BCUT2D eigenvalue weighted by molar-refractivity contribution is 0.0798. The molecule has 0 bridgehead atoms. The molecule has 4 amide bonds. The van der Waals surface area contributed by atoms with Gasteiger partial charge >= 0.3 is 12.1 Å². The molecular formula is C25H27F3N4O3. The van der Waals surface area contributed by atoms with Gasteiger partial charge in [-0.3, -0.25) is 0 Å². The number of rotatable bonds is 4. The predicted octanol–water partition coefficient (Wildman–Crippen LogP) is 4.22. The fourth-order valence-corrected chi connectivity index (χ4v) is 4.08. The van der Waals surface area contributed by atoms with Crippen molar-refractivity contribution in [3.8, 4) is 0 Å². The van der Waals surface area contributed by atoms with Crippen molar-refractivity contribution in [1.29, 1.82) is 0 Å². The SMILES string of the molecule is CC(C)(O)CNC(=O)N1CC=C(c2ccc(NC(=O)N3Cc4cc(F)c(F)c(F)c4C3)cc2)CC1. The van der Waals surface area contributed by atoms with Crippen LogP contribution >= 0.6 is 0 Å². The van der Waals surface area contributed by atoms with E-state index in [9.17, 15) is 27.9 Å². The van der Waals surface area contributed by atoms with E-state index in [1.807, 2.05) is 18.2 Å². The molecule has 2 aromatic rings. The van der Waals surface area contributed by atoms with E-state index in [2.05, 4.69) is 10.6 Å². The normalized spacial score (nSPS) is 15.5. The molecule has 0 fully saturated rings. The van der Waals surface area contributed by atoms with Crippen molar-refractivity contribution in [2.45, 2.75) is 39.0 Å². The molecule has 2 aliphatic heterocycles. The van der Waals surface area contributed by atoms with Crippen LogP contribution in [0.2, 0.25) is 0 Å². The van der Waals surface area contributed by atoms with Crippen molar-refractivity contribution in [3.63, 3.8) is 0 Å². The molecule has 10 heteroatoms. The first-order valence-electron chi connectivity index (χ1n) is 11.3. The van der Waals surface area contributed by atoms with E-state index in [0.29, 0.717) is 25.2 Å². The summed E-state index contributed by atoms with van der Waals surface area (Å²) >= 11 is 0. The standard InChI is InChI=1S/C25H27F3N4O3/c1-25(2,35)14-29-23(33)31-9-7-16(8-10-31)15-3-5-18(6-4-15)30-24(34)32-12-17-11-20(26)22(28)21(27)19(17)13-32/h3-7,11,35H,8-10,12-14H2,1-2H3,(H,29,33)(H,30,34). The highest BCUT2D eigenvalue weighted by Crippen LogP contribution is 2.29. The average molecular weight is 489 g/mol. The van der Waals surface area contributed by atoms with Crippen molar-refractivity contribution in [1.82, 2.24) is 15.1 Å². The summed E-state index contributed by atoms with van der Waals surface area (Å²) in [5, 5.41) is 15.2. The van der Waals surface area contributed by atoms with Gasteiger partial charge in [0.1, 0.15) is 0 Å². The van der Waals surface area contributed by atoms with E-state index in [1.54, 1.807) is 30.9 Å². The molecule has 35 heavy (non-hydrogen) atoms. The van der Waals surface area contributed by atoms with E-state index < -0.39 is 29.1 Å². The molecular weight excluding hydrogens is 461 g/mol. The summed E-state index contributed by atoms with van der Waals surface area (Å²) in [7, 11) is 0. The molecule has 2 aromatic carbocycles. The molecule has 2 aliphatic rings. The van der Waals surface area contributed by atoms with E-state index in [0.717, 1.165) is 17.2 Å². The molecule has 2 heterocycles. The number of urea groups is 2. The number of fused-ring (bicyclic) bond motifs is 1. The number of aliphatic hydroxyl groups is 1. The summed E-state index contributed by atoms with van der Waals surface area (Å²) in [6.07, 6.45) is 2.63. The first-order valence-corrected chi connectivity index (χ1v) is 11.3. The lowest BCUT2D eigenvalue weighted by Gasteiger charge is -2.28. The maximum atomic E-state index is 14.0. The second-order valence-corrected chi connectivity index (χ2v) is 9.38. The lowest BCUT2D eigenvalue weighted by Crippen LogP contribution is -2.46. The molecule has 0 radical (unpaired) electrons. The molecule has 0 atom stereocenters. The van der Waals surface area contributed by atoms with Crippen LogP contribution in [0, 0.1) is 17.5 Å². The molecule has 7 nitrogen and oxygen atoms in total. The first-order chi connectivity index (χ1) is 16.5. The number of hydrogen-bond acceptors (Lipinski definition) is 3. The highest BCUT2D eigenvalue weighted by atomic mass is 19.2. The molecule has 4 rings (SSSR count). The Hall–Kier alpha value is -3.53. The fourth-order valence-electron chi connectivity index (χ4n) is 4.08. The number of halogens is 3. The summed E-state index contributed by atoms with van der Waals surface area (Å²) in [6.45, 7) is 4.24. The minimum Gasteiger partial charge on any atom is -0.389 e. The molecule has 0 spiro atoms. The topological polar surface area (TPSA) is 84.9 Å². The Balaban J connectivity index is 1.33. The minimum absolute atomic E-state index is 0.0126. The van der Waals surface area contributed by atoms with Gasteiger partial charge in [0.15, 0.2) is 17.5 Å². The molecule has 0 aliphatic carbocycles. The lowest BCUT2D eigenvalue weighted by atomic mass is 9.99. The first kappa shape index (κ1) is 24.6. The maximum absolute atomic E-state index is 14.0. The molecule has 0 saturated heterocycles. The van der Waals surface area contributed by atoms with Crippen LogP contribution in [0.3, 0.4) is 0 Å². The number of amides is 4. The van der Waals surface area contributed by atoms with Gasteiger partial charge in [0.05, 0.1) is 12.1 Å². The number of hydrogen-bond donors (Lipinski definition) is 3. The minimum atomic E-state index is -1.53. The van der Waals surface area contributed by atoms with Gasteiger partial charge in [0.2, 0.25) is 0 Å². The summed E-state index contributed by atoms with van der Waals surface area (Å²) < 4.78 is 40.9. The average Bonchev–Trinajstić information content (AvgIpc) is 3.25. The second-order valence-electron chi connectivity index (χ2n) is 9.38. The highest BCUT2D eigenvalue weighted by Gasteiger charge is 2.29. The van der Waals surface area contributed by atoms with Gasteiger partial charge in [-0.15, -0.1) is 0 Å². The van der Waals surface area contributed by atoms with Gasteiger partial charge in [0, 0.05) is 37.4 Å². The van der Waals surface area contributed by atoms with Crippen LogP contribution in [0.4, 0.5) is 28.4 Å². The highest BCUT2D eigenvalue weighted by molar-refractivity contribution is 5.90. The van der Waals surface area contributed by atoms with Gasteiger partial charge in [-0.2, -0.15) is 0 Å². The third-order valence-corrected chi connectivity index (χ3v) is 6.03. The summed E-state index contributed by atoms with van der Waals surface area (Å²) in [5.41, 5.74) is 1.82. The monoisotopic (exact) mass is 488 g/mol. The number of nitrogens with one attached hydrogen (secondary N) is 2. The van der Waals surface area contributed by atoms with Crippen LogP contribution in [0.15, 0.2) is 36.4 Å². The maximum Gasteiger partial charge on any atom is 0.322 e. The van der Waals surface area contributed by atoms with E-state index in [-0.39, 0.29) is 36.8 Å². The van der Waals surface area contributed by atoms with E-state index >= 15 is 0 Å². The second kappa shape index (κ2) is 9.61. The Kier molecular flexibility index (Phi) is 6.75. The van der Waals surface area contributed by atoms with Crippen LogP contribution in [-0.2, 0) is 13.1 Å². The van der Waals surface area contributed by atoms with E-state index in [1.165, 1.54) is 4.90 Å². The number of nitrogens with zero attached hydrogens (tertiary/aromatic N) is 2. The Morgan fingerprint density at radius 2 is 1.74 bits per heavy atom. The van der Waals surface area contributed by atoms with Gasteiger partial charge < -0.3 is 25.5 Å². The van der Waals surface area contributed by atoms with Gasteiger partial charge in [-0.1, -0.05) is 18.2 Å². The van der Waals surface area contributed by atoms with Crippen LogP contribution < -0.4 is 10.6 Å². The van der Waals surface area contributed by atoms with Crippen LogP contribution in [0.1, 0.15) is 37.0 Å². The summed E-state index contributed by atoms with van der Waals surface area (Å²) in [6, 6.07) is 7.38. The number of anilines is 1. The Morgan fingerprint density at radius 1 is 1.03 bits per heavy atom. The third kappa shape index (κ3) is 5.59. The fraction of sp³-hybridized carbons (Fsp3) is 0.360. The van der Waals surface area contributed by atoms with E-state index in [4.69, 9.17) is 0 Å². The number of carbonyl (C=O) groups excluding carboxylic acids is 2. The van der Waals surface area contributed by atoms with Crippen molar-refractivity contribution < 1.29 is 27.9 Å². The largest absolute Gasteiger partial charge is 0.389 e. The summed E-state index contributed by atoms with van der Waals surface area (Å²) in [4.78, 5) is 27.8. The zero-order valence-corrected chi connectivity index (χ0v) is 19.5. The van der Waals surface area contributed by atoms with Crippen molar-refractivity contribution in [2.75, 3.05) is 25.0 Å². The van der Waals surface area contributed by atoms with Gasteiger partial charge in [-0.05, 0) is 55.2 Å². The third-order valence-electron chi connectivity index (χ3n) is 6.03. The zero-order chi connectivity index (χ0) is 25.3. The predicted molar refractivity (Wildman–Crippen MR) is 125 cm³/mol. The molecule has 186 valence electrons. The molecule has 0 saturated carbocycles. The van der Waals surface area contributed by atoms with Crippen molar-refractivity contribution >= 4 is 23.3 Å². The van der Waals surface area contributed by atoms with Crippen molar-refractivity contribution in [2.24, 2.45) is 0 Å². The Bertz CT molecular complexity index is 1180. The Labute approximate surface area is 201 Å². The molecule has 0 aromatic heterocycles. The summed E-state index contributed by atoms with van der Waals surface area (Å²) in [5.74, 6) is -4.06. The van der Waals surface area contributed by atoms with Crippen LogP contribution in [-0.4, -0.2) is 52.2 Å². The Morgan fingerprint density at radius 3 is 2.37 bits per heavy atom.